The van der Waals surface area contributed by atoms with Crippen molar-refractivity contribution in [3.63, 3.8) is 0 Å². The van der Waals surface area contributed by atoms with Crippen molar-refractivity contribution in [2.24, 2.45) is 0 Å². The lowest BCUT2D eigenvalue weighted by Crippen LogP contribution is -2.29. The van der Waals surface area contributed by atoms with E-state index in [2.05, 4.69) is 15.6 Å². The Labute approximate surface area is 98.5 Å². The first kappa shape index (κ1) is 10.2. The second-order valence-electron chi connectivity index (χ2n) is 4.45. The largest absolute Gasteiger partial charge is 0.306 e. The molecule has 2 aliphatic carbocycles. The Morgan fingerprint density at radius 1 is 1.44 bits per heavy atom. The third-order valence-corrected chi connectivity index (χ3v) is 4.04. The highest BCUT2D eigenvalue weighted by atomic mass is 32.1. The molecule has 1 fully saturated rings. The molecule has 0 bridgehead atoms. The fourth-order valence-electron chi connectivity index (χ4n) is 1.93. The number of carbonyl (C=O) groups excluding carboxylic acids is 1. The summed E-state index contributed by atoms with van der Waals surface area (Å²) >= 11 is 1.63. The minimum atomic E-state index is 0.0272. The number of nitrogens with one attached hydrogen (secondary N) is 2. The zero-order chi connectivity index (χ0) is 11.0. The molecular formula is C11H15N3OS. The lowest BCUT2D eigenvalue weighted by atomic mass is 10.4. The maximum Gasteiger partial charge on any atom is 0.240 e. The number of anilines is 1. The monoisotopic (exact) mass is 237 g/mol. The summed E-state index contributed by atoms with van der Waals surface area (Å²) in [6.45, 7) is 0.412. The van der Waals surface area contributed by atoms with Crippen LogP contribution in [-0.4, -0.2) is 23.5 Å². The maximum absolute atomic E-state index is 11.6. The summed E-state index contributed by atoms with van der Waals surface area (Å²) in [5, 5.41) is 6.82. The van der Waals surface area contributed by atoms with Crippen molar-refractivity contribution in [2.45, 2.75) is 38.1 Å². The average molecular weight is 237 g/mol. The zero-order valence-electron chi connectivity index (χ0n) is 9.08. The molecule has 2 aliphatic rings. The molecule has 2 N–H and O–H groups in total. The number of hydrogen-bond acceptors (Lipinski definition) is 4. The van der Waals surface area contributed by atoms with Gasteiger partial charge in [0.15, 0.2) is 5.13 Å². The Morgan fingerprint density at radius 2 is 2.31 bits per heavy atom. The Hall–Kier alpha value is -0.940. The van der Waals surface area contributed by atoms with Crippen LogP contribution < -0.4 is 10.6 Å². The number of thiazole rings is 1. The number of aryl methyl sites for hydroxylation is 2. The van der Waals surface area contributed by atoms with Crippen LogP contribution in [0, 0.1) is 0 Å². The molecular weight excluding hydrogens is 222 g/mol. The van der Waals surface area contributed by atoms with E-state index < -0.39 is 0 Å². The molecule has 0 atom stereocenters. The first-order valence-electron chi connectivity index (χ1n) is 5.83. The van der Waals surface area contributed by atoms with Crippen LogP contribution in [0.5, 0.6) is 0 Å². The van der Waals surface area contributed by atoms with Crippen LogP contribution in [0.1, 0.15) is 29.8 Å². The highest BCUT2D eigenvalue weighted by molar-refractivity contribution is 7.15. The van der Waals surface area contributed by atoms with Crippen LogP contribution in [0.2, 0.25) is 0 Å². The van der Waals surface area contributed by atoms with Gasteiger partial charge in [0, 0.05) is 10.9 Å². The SMILES string of the molecule is O=C(CNC1CC1)Nc1nc2c(s1)CCC2. The number of rotatable bonds is 4. The predicted octanol–water partition coefficient (Wildman–Crippen LogP) is 1.32. The Kier molecular flexibility index (Phi) is 2.65. The molecule has 0 radical (unpaired) electrons. The molecule has 4 nitrogen and oxygen atoms in total. The standard InChI is InChI=1S/C11H15N3OS/c15-10(6-12-7-4-5-7)14-11-13-8-2-1-3-9(8)16-11/h7,12H,1-6H2,(H,13,14,15). The fraction of sp³-hybridized carbons (Fsp3) is 0.636. The molecule has 86 valence electrons. The zero-order valence-corrected chi connectivity index (χ0v) is 9.90. The van der Waals surface area contributed by atoms with Crippen LogP contribution in [0.25, 0.3) is 0 Å². The maximum atomic E-state index is 11.6. The minimum Gasteiger partial charge on any atom is -0.306 e. The number of nitrogens with zero attached hydrogens (tertiary/aromatic N) is 1. The van der Waals surface area contributed by atoms with Gasteiger partial charge in [0.1, 0.15) is 0 Å². The quantitative estimate of drug-likeness (QED) is 0.830. The normalized spacial score (nSPS) is 18.5. The van der Waals surface area contributed by atoms with Gasteiger partial charge in [0.2, 0.25) is 5.91 Å². The van der Waals surface area contributed by atoms with Crippen LogP contribution in [0.3, 0.4) is 0 Å². The van der Waals surface area contributed by atoms with E-state index in [-0.39, 0.29) is 5.91 Å². The van der Waals surface area contributed by atoms with E-state index in [1.807, 2.05) is 0 Å². The Bertz CT molecular complexity index is 390. The number of hydrogen-bond donors (Lipinski definition) is 2. The summed E-state index contributed by atoms with van der Waals surface area (Å²) in [7, 11) is 0. The molecule has 1 saturated carbocycles. The van der Waals surface area contributed by atoms with E-state index in [0.717, 1.165) is 18.0 Å². The molecule has 0 unspecified atom stereocenters. The van der Waals surface area contributed by atoms with Crippen LogP contribution in [0.4, 0.5) is 5.13 Å². The molecule has 0 saturated heterocycles. The van der Waals surface area contributed by atoms with Crippen molar-refractivity contribution >= 4 is 22.4 Å². The Balaban J connectivity index is 1.54. The number of carbonyl (C=O) groups is 1. The van der Waals surface area contributed by atoms with E-state index in [9.17, 15) is 4.79 Å². The molecule has 0 aromatic carbocycles. The summed E-state index contributed by atoms with van der Waals surface area (Å²) in [4.78, 5) is 17.3. The molecule has 5 heteroatoms. The summed E-state index contributed by atoms with van der Waals surface area (Å²) in [6.07, 6.45) is 5.83. The van der Waals surface area contributed by atoms with Crippen LogP contribution >= 0.6 is 11.3 Å². The second-order valence-corrected chi connectivity index (χ2v) is 5.53. The van der Waals surface area contributed by atoms with E-state index >= 15 is 0 Å². The van der Waals surface area contributed by atoms with Gasteiger partial charge in [-0.15, -0.1) is 11.3 Å². The van der Waals surface area contributed by atoms with Crippen molar-refractivity contribution < 1.29 is 4.79 Å². The van der Waals surface area contributed by atoms with Crippen LogP contribution in [0.15, 0.2) is 0 Å². The van der Waals surface area contributed by atoms with E-state index in [0.29, 0.717) is 12.6 Å². The van der Waals surface area contributed by atoms with Crippen molar-refractivity contribution in [1.29, 1.82) is 0 Å². The van der Waals surface area contributed by atoms with Crippen molar-refractivity contribution in [2.75, 3.05) is 11.9 Å². The van der Waals surface area contributed by atoms with E-state index in [1.54, 1.807) is 11.3 Å². The van der Waals surface area contributed by atoms with Gasteiger partial charge in [-0.05, 0) is 32.1 Å². The molecule has 1 aromatic rings. The van der Waals surface area contributed by atoms with E-state index in [1.165, 1.54) is 29.8 Å². The van der Waals surface area contributed by atoms with Gasteiger partial charge < -0.3 is 10.6 Å². The van der Waals surface area contributed by atoms with Gasteiger partial charge in [-0.25, -0.2) is 4.98 Å². The average Bonchev–Trinajstić information content (AvgIpc) is 2.86. The third-order valence-electron chi connectivity index (χ3n) is 2.97. The fourth-order valence-corrected chi connectivity index (χ4v) is 3.00. The molecule has 1 amide bonds. The minimum absolute atomic E-state index is 0.0272. The summed E-state index contributed by atoms with van der Waals surface area (Å²) in [6, 6.07) is 0.576. The van der Waals surface area contributed by atoms with Gasteiger partial charge in [0.25, 0.3) is 0 Å². The van der Waals surface area contributed by atoms with Gasteiger partial charge in [-0.2, -0.15) is 0 Å². The first-order valence-corrected chi connectivity index (χ1v) is 6.65. The molecule has 0 aliphatic heterocycles. The molecule has 1 aromatic heterocycles. The van der Waals surface area contributed by atoms with Crippen molar-refractivity contribution in [1.82, 2.24) is 10.3 Å². The summed E-state index contributed by atoms with van der Waals surface area (Å²) in [5.41, 5.74) is 1.19. The lowest BCUT2D eigenvalue weighted by molar-refractivity contribution is -0.115. The Morgan fingerprint density at radius 3 is 3.06 bits per heavy atom. The second kappa shape index (κ2) is 4.14. The number of aromatic nitrogens is 1. The van der Waals surface area contributed by atoms with Crippen molar-refractivity contribution in [3.05, 3.63) is 10.6 Å². The van der Waals surface area contributed by atoms with Crippen LogP contribution in [-0.2, 0) is 17.6 Å². The number of fused-ring (bicyclic) bond motifs is 1. The summed E-state index contributed by atoms with van der Waals surface area (Å²) < 4.78 is 0. The predicted molar refractivity (Wildman–Crippen MR) is 63.8 cm³/mol. The highest BCUT2D eigenvalue weighted by Gasteiger charge is 2.22. The smallest absolute Gasteiger partial charge is 0.240 e. The molecule has 1 heterocycles. The molecule has 0 spiro atoms. The van der Waals surface area contributed by atoms with Gasteiger partial charge in [0.05, 0.1) is 12.2 Å². The van der Waals surface area contributed by atoms with Gasteiger partial charge in [-0.1, -0.05) is 0 Å². The first-order chi connectivity index (χ1) is 7.81. The lowest BCUT2D eigenvalue weighted by Gasteiger charge is -2.02. The summed E-state index contributed by atoms with van der Waals surface area (Å²) in [5.74, 6) is 0.0272. The highest BCUT2D eigenvalue weighted by Crippen LogP contribution is 2.30. The van der Waals surface area contributed by atoms with Crippen molar-refractivity contribution in [3.8, 4) is 0 Å². The topological polar surface area (TPSA) is 54.0 Å². The van der Waals surface area contributed by atoms with Gasteiger partial charge in [-0.3, -0.25) is 4.79 Å². The van der Waals surface area contributed by atoms with E-state index in [4.69, 9.17) is 0 Å². The molecule has 3 rings (SSSR count). The van der Waals surface area contributed by atoms with Gasteiger partial charge >= 0.3 is 0 Å². The number of amides is 1. The molecule has 16 heavy (non-hydrogen) atoms. The third kappa shape index (κ3) is 2.25.